The number of hydrogen-bond donors (Lipinski definition) is 1. The van der Waals surface area contributed by atoms with Crippen molar-refractivity contribution in [2.75, 3.05) is 0 Å². The number of carboxylic acid groups (broad SMARTS) is 1. The fourth-order valence-electron chi connectivity index (χ4n) is 1.42. The van der Waals surface area contributed by atoms with E-state index in [4.69, 9.17) is 5.11 Å². The monoisotopic (exact) mass is 214 g/mol. The molecule has 4 heteroatoms. The second kappa shape index (κ2) is 4.87. The summed E-state index contributed by atoms with van der Waals surface area (Å²) < 4.78 is 25.6. The van der Waals surface area contributed by atoms with E-state index >= 15 is 0 Å². The van der Waals surface area contributed by atoms with E-state index in [1.54, 1.807) is 6.92 Å². The Morgan fingerprint density at radius 3 is 2.27 bits per heavy atom. The highest BCUT2D eigenvalue weighted by Gasteiger charge is 2.16. The number of halogens is 2. The van der Waals surface area contributed by atoms with Crippen LogP contribution < -0.4 is 0 Å². The van der Waals surface area contributed by atoms with Crippen molar-refractivity contribution in [3.63, 3.8) is 0 Å². The van der Waals surface area contributed by atoms with Gasteiger partial charge >= 0.3 is 5.97 Å². The lowest BCUT2D eigenvalue weighted by Crippen LogP contribution is -2.15. The van der Waals surface area contributed by atoms with Crippen molar-refractivity contribution in [3.05, 3.63) is 35.4 Å². The third-order valence-corrected chi connectivity index (χ3v) is 2.25. The summed E-state index contributed by atoms with van der Waals surface area (Å²) in [5.74, 6) is -2.89. The SMILES string of the molecule is CCC(Cc1cc(F)cc(F)c1)C(=O)O. The maximum Gasteiger partial charge on any atom is 0.306 e. The molecule has 0 aliphatic rings. The van der Waals surface area contributed by atoms with E-state index in [1.807, 2.05) is 0 Å². The maximum absolute atomic E-state index is 12.8. The van der Waals surface area contributed by atoms with Crippen LogP contribution >= 0.6 is 0 Å². The minimum Gasteiger partial charge on any atom is -0.481 e. The van der Waals surface area contributed by atoms with Gasteiger partial charge in [-0.2, -0.15) is 0 Å². The largest absolute Gasteiger partial charge is 0.481 e. The molecule has 1 aromatic carbocycles. The van der Waals surface area contributed by atoms with Gasteiger partial charge in [-0.25, -0.2) is 8.78 Å². The van der Waals surface area contributed by atoms with Crippen LogP contribution in [-0.2, 0) is 11.2 Å². The molecule has 1 rings (SSSR count). The molecule has 82 valence electrons. The summed E-state index contributed by atoms with van der Waals surface area (Å²) in [6.45, 7) is 1.73. The molecule has 0 aliphatic carbocycles. The first-order valence-electron chi connectivity index (χ1n) is 4.70. The van der Waals surface area contributed by atoms with Crippen LogP contribution in [0.25, 0.3) is 0 Å². The molecule has 1 atom stereocenters. The van der Waals surface area contributed by atoms with E-state index in [0.717, 1.165) is 18.2 Å². The maximum atomic E-state index is 12.8. The van der Waals surface area contributed by atoms with E-state index < -0.39 is 23.5 Å². The molecular formula is C11H12F2O2. The molecule has 0 aliphatic heterocycles. The Hall–Kier alpha value is -1.45. The van der Waals surface area contributed by atoms with Crippen LogP contribution in [0.4, 0.5) is 8.78 Å². The highest BCUT2D eigenvalue weighted by Crippen LogP contribution is 2.15. The molecule has 0 saturated heterocycles. The van der Waals surface area contributed by atoms with Gasteiger partial charge in [0, 0.05) is 6.07 Å². The normalized spacial score (nSPS) is 12.5. The highest BCUT2D eigenvalue weighted by molar-refractivity contribution is 5.70. The average molecular weight is 214 g/mol. The smallest absolute Gasteiger partial charge is 0.306 e. The van der Waals surface area contributed by atoms with Crippen LogP contribution in [0.15, 0.2) is 18.2 Å². The minimum atomic E-state index is -0.942. The van der Waals surface area contributed by atoms with Crippen molar-refractivity contribution in [2.24, 2.45) is 5.92 Å². The number of carbonyl (C=O) groups is 1. The lowest BCUT2D eigenvalue weighted by molar-refractivity contribution is -0.141. The number of benzene rings is 1. The number of hydrogen-bond acceptors (Lipinski definition) is 1. The molecule has 1 aromatic rings. The quantitative estimate of drug-likeness (QED) is 0.836. The fourth-order valence-corrected chi connectivity index (χ4v) is 1.42. The van der Waals surface area contributed by atoms with Gasteiger partial charge in [-0.05, 0) is 30.5 Å². The minimum absolute atomic E-state index is 0.153. The van der Waals surface area contributed by atoms with E-state index in [2.05, 4.69) is 0 Å². The molecule has 1 unspecified atom stereocenters. The molecule has 0 fully saturated rings. The van der Waals surface area contributed by atoms with Crippen molar-refractivity contribution < 1.29 is 18.7 Å². The van der Waals surface area contributed by atoms with E-state index in [0.29, 0.717) is 12.0 Å². The topological polar surface area (TPSA) is 37.3 Å². The van der Waals surface area contributed by atoms with Crippen molar-refractivity contribution in [1.82, 2.24) is 0 Å². The van der Waals surface area contributed by atoms with Gasteiger partial charge in [0.25, 0.3) is 0 Å². The Balaban J connectivity index is 2.83. The molecule has 0 saturated carbocycles. The van der Waals surface area contributed by atoms with Crippen LogP contribution in [0.3, 0.4) is 0 Å². The summed E-state index contributed by atoms with van der Waals surface area (Å²) in [4.78, 5) is 10.7. The van der Waals surface area contributed by atoms with Gasteiger partial charge in [-0.1, -0.05) is 6.92 Å². The van der Waals surface area contributed by atoms with Crippen molar-refractivity contribution in [2.45, 2.75) is 19.8 Å². The first-order chi connectivity index (χ1) is 7.02. The number of rotatable bonds is 4. The van der Waals surface area contributed by atoms with Crippen molar-refractivity contribution in [3.8, 4) is 0 Å². The molecule has 0 aromatic heterocycles. The first-order valence-corrected chi connectivity index (χ1v) is 4.70. The van der Waals surface area contributed by atoms with Gasteiger partial charge in [0.15, 0.2) is 0 Å². The molecule has 0 heterocycles. The van der Waals surface area contributed by atoms with Gasteiger partial charge in [-0.3, -0.25) is 4.79 Å². The molecule has 0 amide bonds. The van der Waals surface area contributed by atoms with E-state index in [9.17, 15) is 13.6 Å². The molecule has 0 radical (unpaired) electrons. The van der Waals surface area contributed by atoms with Gasteiger partial charge < -0.3 is 5.11 Å². The highest BCUT2D eigenvalue weighted by atomic mass is 19.1. The lowest BCUT2D eigenvalue weighted by Gasteiger charge is -2.09. The lowest BCUT2D eigenvalue weighted by atomic mass is 9.97. The van der Waals surface area contributed by atoms with Gasteiger partial charge in [0.05, 0.1) is 5.92 Å². The van der Waals surface area contributed by atoms with Crippen LogP contribution in [0, 0.1) is 17.6 Å². The fraction of sp³-hybridized carbons (Fsp3) is 0.364. The van der Waals surface area contributed by atoms with E-state index in [1.165, 1.54) is 0 Å². The summed E-state index contributed by atoms with van der Waals surface area (Å²) in [6, 6.07) is 3.09. The molecule has 15 heavy (non-hydrogen) atoms. The number of carboxylic acids is 1. The van der Waals surface area contributed by atoms with Gasteiger partial charge in [0.2, 0.25) is 0 Å². The summed E-state index contributed by atoms with van der Waals surface area (Å²) in [5, 5.41) is 8.79. The molecule has 0 bridgehead atoms. The Labute approximate surface area is 86.5 Å². The van der Waals surface area contributed by atoms with Crippen LogP contribution in [-0.4, -0.2) is 11.1 Å². The third-order valence-electron chi connectivity index (χ3n) is 2.25. The predicted octanol–water partition coefficient (Wildman–Crippen LogP) is 2.62. The standard InChI is InChI=1S/C11H12F2O2/c1-2-8(11(14)15)3-7-4-9(12)6-10(13)5-7/h4-6,8H,2-3H2,1H3,(H,14,15). The van der Waals surface area contributed by atoms with Crippen LogP contribution in [0.2, 0.25) is 0 Å². The Kier molecular flexibility index (Phi) is 3.77. The summed E-state index contributed by atoms with van der Waals surface area (Å²) >= 11 is 0. The molecule has 2 nitrogen and oxygen atoms in total. The zero-order chi connectivity index (χ0) is 11.4. The van der Waals surface area contributed by atoms with Crippen molar-refractivity contribution >= 4 is 5.97 Å². The number of aliphatic carboxylic acids is 1. The van der Waals surface area contributed by atoms with Gasteiger partial charge in [-0.15, -0.1) is 0 Å². The van der Waals surface area contributed by atoms with Crippen molar-refractivity contribution in [1.29, 1.82) is 0 Å². The molecule has 0 spiro atoms. The Morgan fingerprint density at radius 2 is 1.87 bits per heavy atom. The summed E-state index contributed by atoms with van der Waals surface area (Å²) in [6.07, 6.45) is 0.591. The predicted molar refractivity (Wildman–Crippen MR) is 51.5 cm³/mol. The zero-order valence-electron chi connectivity index (χ0n) is 8.34. The molecule has 1 N–H and O–H groups in total. The van der Waals surface area contributed by atoms with E-state index in [-0.39, 0.29) is 6.42 Å². The molecular weight excluding hydrogens is 202 g/mol. The van der Waals surface area contributed by atoms with Crippen LogP contribution in [0.1, 0.15) is 18.9 Å². The second-order valence-corrected chi connectivity index (χ2v) is 3.43. The Bertz CT molecular complexity index is 343. The Morgan fingerprint density at radius 1 is 1.33 bits per heavy atom. The zero-order valence-corrected chi connectivity index (χ0v) is 8.34. The van der Waals surface area contributed by atoms with Gasteiger partial charge in [0.1, 0.15) is 11.6 Å². The average Bonchev–Trinajstić information content (AvgIpc) is 2.12. The second-order valence-electron chi connectivity index (χ2n) is 3.43. The third kappa shape index (κ3) is 3.31. The summed E-state index contributed by atoms with van der Waals surface area (Å²) in [7, 11) is 0. The van der Waals surface area contributed by atoms with Crippen LogP contribution in [0.5, 0.6) is 0 Å². The first kappa shape index (κ1) is 11.6. The summed E-state index contributed by atoms with van der Waals surface area (Å²) in [5.41, 5.74) is 0.377.